The Bertz CT molecular complexity index is 528. The summed E-state index contributed by atoms with van der Waals surface area (Å²) >= 11 is 1.63. The molecule has 3 rings (SSSR count). The van der Waals surface area contributed by atoms with Crippen molar-refractivity contribution in [2.75, 3.05) is 13.2 Å². The van der Waals surface area contributed by atoms with Crippen molar-refractivity contribution in [2.45, 2.75) is 19.3 Å². The number of nitrogens with two attached hydrogens (primary N) is 1. The highest BCUT2D eigenvalue weighted by Crippen LogP contribution is 2.32. The minimum atomic E-state index is 0.583. The van der Waals surface area contributed by atoms with Gasteiger partial charge < -0.3 is 10.5 Å². The fraction of sp³-hybridized carbons (Fsp3) is 0.538. The van der Waals surface area contributed by atoms with Gasteiger partial charge in [-0.3, -0.25) is 0 Å². The van der Waals surface area contributed by atoms with Crippen molar-refractivity contribution in [3.8, 4) is 5.88 Å². The lowest BCUT2D eigenvalue weighted by Gasteiger charge is -2.17. The van der Waals surface area contributed by atoms with Crippen LogP contribution < -0.4 is 10.5 Å². The van der Waals surface area contributed by atoms with E-state index in [9.17, 15) is 0 Å². The zero-order chi connectivity index (χ0) is 12.4. The van der Waals surface area contributed by atoms with Crippen molar-refractivity contribution in [3.63, 3.8) is 0 Å². The number of aromatic nitrogens is 2. The number of ether oxygens (including phenoxy) is 1. The molecule has 0 saturated heterocycles. The van der Waals surface area contributed by atoms with Crippen molar-refractivity contribution >= 4 is 21.6 Å². The molecular formula is C13H17N3OS. The van der Waals surface area contributed by atoms with E-state index in [2.05, 4.69) is 9.97 Å². The van der Waals surface area contributed by atoms with E-state index in [4.69, 9.17) is 10.5 Å². The van der Waals surface area contributed by atoms with E-state index >= 15 is 0 Å². The number of thiophene rings is 1. The maximum Gasteiger partial charge on any atom is 0.234 e. The van der Waals surface area contributed by atoms with Gasteiger partial charge in [-0.05, 0) is 42.7 Å². The summed E-state index contributed by atoms with van der Waals surface area (Å²) in [5, 5.41) is 2.02. The average molecular weight is 263 g/mol. The van der Waals surface area contributed by atoms with Crippen LogP contribution in [0, 0.1) is 11.8 Å². The molecule has 1 saturated carbocycles. The third kappa shape index (κ3) is 2.20. The summed E-state index contributed by atoms with van der Waals surface area (Å²) in [7, 11) is 0. The Morgan fingerprint density at radius 1 is 1.33 bits per heavy atom. The standard InChI is InChI=1S/C13H17N3OS/c14-6-9-2-1-3-10(9)7-17-13-12-11(4-5-18-12)15-8-16-13/h4-5,8-10H,1-3,6-7,14H2. The molecule has 2 atom stereocenters. The third-order valence-corrected chi connectivity index (χ3v) is 4.66. The summed E-state index contributed by atoms with van der Waals surface area (Å²) in [6.07, 6.45) is 5.30. The molecule has 2 heterocycles. The number of fused-ring (bicyclic) bond motifs is 1. The van der Waals surface area contributed by atoms with E-state index in [1.54, 1.807) is 17.7 Å². The van der Waals surface area contributed by atoms with Crippen LogP contribution in [0.3, 0.4) is 0 Å². The Morgan fingerprint density at radius 3 is 3.11 bits per heavy atom. The summed E-state index contributed by atoms with van der Waals surface area (Å²) in [4.78, 5) is 8.45. The van der Waals surface area contributed by atoms with E-state index in [1.807, 2.05) is 11.4 Å². The molecule has 18 heavy (non-hydrogen) atoms. The smallest absolute Gasteiger partial charge is 0.234 e. The predicted molar refractivity (Wildman–Crippen MR) is 72.8 cm³/mol. The third-order valence-electron chi connectivity index (χ3n) is 3.76. The van der Waals surface area contributed by atoms with Gasteiger partial charge in [0.15, 0.2) is 0 Å². The van der Waals surface area contributed by atoms with Crippen LogP contribution in [0.1, 0.15) is 19.3 Å². The predicted octanol–water partition coefficient (Wildman–Crippen LogP) is 2.45. The van der Waals surface area contributed by atoms with Gasteiger partial charge in [-0.2, -0.15) is 0 Å². The van der Waals surface area contributed by atoms with Gasteiger partial charge in [-0.25, -0.2) is 9.97 Å². The van der Waals surface area contributed by atoms with Crippen LogP contribution >= 0.6 is 11.3 Å². The molecule has 2 aromatic heterocycles. The fourth-order valence-electron chi connectivity index (χ4n) is 2.70. The van der Waals surface area contributed by atoms with Crippen molar-refractivity contribution < 1.29 is 4.74 Å². The van der Waals surface area contributed by atoms with Crippen molar-refractivity contribution in [1.82, 2.24) is 9.97 Å². The molecule has 1 fully saturated rings. The van der Waals surface area contributed by atoms with Gasteiger partial charge >= 0.3 is 0 Å². The Morgan fingerprint density at radius 2 is 2.22 bits per heavy atom. The Hall–Kier alpha value is -1.20. The van der Waals surface area contributed by atoms with E-state index in [1.165, 1.54) is 19.3 Å². The molecule has 2 aromatic rings. The van der Waals surface area contributed by atoms with Crippen LogP contribution in [0.5, 0.6) is 5.88 Å². The Kier molecular flexibility index (Phi) is 3.43. The molecule has 0 radical (unpaired) electrons. The van der Waals surface area contributed by atoms with Crippen molar-refractivity contribution in [2.24, 2.45) is 17.6 Å². The minimum absolute atomic E-state index is 0.583. The van der Waals surface area contributed by atoms with Crippen molar-refractivity contribution in [1.29, 1.82) is 0 Å². The molecular weight excluding hydrogens is 246 g/mol. The molecule has 1 aliphatic carbocycles. The number of rotatable bonds is 4. The monoisotopic (exact) mass is 263 g/mol. The van der Waals surface area contributed by atoms with Crippen LogP contribution in [-0.4, -0.2) is 23.1 Å². The fourth-order valence-corrected chi connectivity index (χ4v) is 3.49. The summed E-state index contributed by atoms with van der Waals surface area (Å²) in [5.41, 5.74) is 6.75. The van der Waals surface area contributed by atoms with Gasteiger partial charge in [0, 0.05) is 0 Å². The Balaban J connectivity index is 1.71. The number of nitrogens with zero attached hydrogens (tertiary/aromatic N) is 2. The minimum Gasteiger partial charge on any atom is -0.476 e. The topological polar surface area (TPSA) is 61.0 Å². The molecule has 0 amide bonds. The first kappa shape index (κ1) is 11.9. The summed E-state index contributed by atoms with van der Waals surface area (Å²) in [6.45, 7) is 1.50. The van der Waals surface area contributed by atoms with Gasteiger partial charge in [0.25, 0.3) is 0 Å². The molecule has 1 aliphatic rings. The number of hydrogen-bond donors (Lipinski definition) is 1. The van der Waals surface area contributed by atoms with Crippen LogP contribution in [-0.2, 0) is 0 Å². The van der Waals surface area contributed by atoms with E-state index in [0.717, 1.165) is 29.2 Å². The zero-order valence-electron chi connectivity index (χ0n) is 10.2. The molecule has 0 aromatic carbocycles. The first-order valence-corrected chi connectivity index (χ1v) is 7.27. The normalized spacial score (nSPS) is 23.6. The highest BCUT2D eigenvalue weighted by Gasteiger charge is 2.26. The molecule has 2 unspecified atom stereocenters. The highest BCUT2D eigenvalue weighted by molar-refractivity contribution is 7.17. The molecule has 4 nitrogen and oxygen atoms in total. The largest absolute Gasteiger partial charge is 0.476 e. The lowest BCUT2D eigenvalue weighted by molar-refractivity contribution is 0.213. The van der Waals surface area contributed by atoms with Crippen LogP contribution in [0.2, 0.25) is 0 Å². The highest BCUT2D eigenvalue weighted by atomic mass is 32.1. The molecule has 2 N–H and O–H groups in total. The van der Waals surface area contributed by atoms with Crippen LogP contribution in [0.15, 0.2) is 17.8 Å². The summed E-state index contributed by atoms with van der Waals surface area (Å²) in [6, 6.07) is 1.99. The van der Waals surface area contributed by atoms with E-state index < -0.39 is 0 Å². The second-order valence-corrected chi connectivity index (χ2v) is 5.73. The Labute approximate surface area is 110 Å². The van der Waals surface area contributed by atoms with E-state index in [0.29, 0.717) is 11.8 Å². The molecule has 96 valence electrons. The lowest BCUT2D eigenvalue weighted by atomic mass is 9.97. The number of hydrogen-bond acceptors (Lipinski definition) is 5. The molecule has 5 heteroatoms. The quantitative estimate of drug-likeness (QED) is 0.920. The van der Waals surface area contributed by atoms with Crippen LogP contribution in [0.4, 0.5) is 0 Å². The lowest BCUT2D eigenvalue weighted by Crippen LogP contribution is -2.23. The maximum absolute atomic E-state index is 5.90. The first-order valence-electron chi connectivity index (χ1n) is 6.39. The summed E-state index contributed by atoms with van der Waals surface area (Å²) in [5.74, 6) is 1.92. The van der Waals surface area contributed by atoms with Crippen molar-refractivity contribution in [3.05, 3.63) is 17.8 Å². The summed E-state index contributed by atoms with van der Waals surface area (Å²) < 4.78 is 6.94. The molecule has 0 bridgehead atoms. The average Bonchev–Trinajstić information content (AvgIpc) is 3.04. The maximum atomic E-state index is 5.90. The van der Waals surface area contributed by atoms with Gasteiger partial charge in [0.05, 0.1) is 12.1 Å². The van der Waals surface area contributed by atoms with E-state index in [-0.39, 0.29) is 0 Å². The second-order valence-electron chi connectivity index (χ2n) is 4.81. The van der Waals surface area contributed by atoms with Crippen LogP contribution in [0.25, 0.3) is 10.2 Å². The van der Waals surface area contributed by atoms with Gasteiger partial charge in [0.2, 0.25) is 5.88 Å². The van der Waals surface area contributed by atoms with Gasteiger partial charge in [0.1, 0.15) is 11.0 Å². The molecule has 0 aliphatic heterocycles. The van der Waals surface area contributed by atoms with Gasteiger partial charge in [-0.1, -0.05) is 6.42 Å². The van der Waals surface area contributed by atoms with Gasteiger partial charge in [-0.15, -0.1) is 11.3 Å². The zero-order valence-corrected chi connectivity index (χ0v) is 11.0. The second kappa shape index (κ2) is 5.20. The molecule has 0 spiro atoms. The first-order chi connectivity index (χ1) is 8.88. The SMILES string of the molecule is NCC1CCCC1COc1ncnc2ccsc12.